The maximum absolute atomic E-state index is 13.8. The zero-order valence-corrected chi connectivity index (χ0v) is 20.3. The Hall–Kier alpha value is -2.21. The molecule has 1 aliphatic carbocycles. The number of thiazole rings is 1. The number of piperidine rings is 1. The Balaban J connectivity index is 1.53. The summed E-state index contributed by atoms with van der Waals surface area (Å²) in [5.74, 6) is 0.357. The number of amides is 2. The van der Waals surface area contributed by atoms with Crippen LogP contribution in [0, 0.1) is 19.3 Å². The highest BCUT2D eigenvalue weighted by molar-refractivity contribution is 7.11. The quantitative estimate of drug-likeness (QED) is 0.696. The zero-order valence-electron chi connectivity index (χ0n) is 19.5. The number of aryl methyl sites for hydroxylation is 2. The molecule has 3 heterocycles. The normalized spacial score (nSPS) is 31.1. The molecule has 0 radical (unpaired) electrons. The van der Waals surface area contributed by atoms with E-state index in [0.717, 1.165) is 47.7 Å². The third kappa shape index (κ3) is 3.38. The van der Waals surface area contributed by atoms with Crippen LogP contribution in [0.1, 0.15) is 60.7 Å². The van der Waals surface area contributed by atoms with Crippen molar-refractivity contribution in [2.45, 2.75) is 90.4 Å². The van der Waals surface area contributed by atoms with Gasteiger partial charge in [-0.25, -0.2) is 4.98 Å². The van der Waals surface area contributed by atoms with Crippen LogP contribution >= 0.6 is 11.3 Å². The molecule has 1 saturated carbocycles. The lowest BCUT2D eigenvalue weighted by molar-refractivity contribution is -0.143. The lowest BCUT2D eigenvalue weighted by atomic mass is 9.64. The fourth-order valence-corrected chi connectivity index (χ4v) is 7.89. The minimum absolute atomic E-state index is 0.0178. The average Bonchev–Trinajstić information content (AvgIpc) is 3.23. The summed E-state index contributed by atoms with van der Waals surface area (Å²) in [6.45, 7) is 8.05. The van der Waals surface area contributed by atoms with E-state index in [1.807, 2.05) is 19.9 Å². The van der Waals surface area contributed by atoms with Crippen LogP contribution in [0.25, 0.3) is 0 Å². The Labute approximate surface area is 194 Å². The summed E-state index contributed by atoms with van der Waals surface area (Å²) < 4.78 is 0. The molecule has 1 aromatic carbocycles. The van der Waals surface area contributed by atoms with Gasteiger partial charge in [0, 0.05) is 29.3 Å². The van der Waals surface area contributed by atoms with Crippen molar-refractivity contribution in [2.75, 3.05) is 0 Å². The number of carbonyl (C=O) groups excluding carboxylic acids is 2. The van der Waals surface area contributed by atoms with Gasteiger partial charge in [-0.3, -0.25) is 9.59 Å². The SMILES string of the molecule is CC(=O)N1[C@H](Cc2ccccc2)[C@@H]2C[C@@]3(C)[C@H](CCC[C@@H]13)N2C(=O)Cc1sc(C)nc1C. The molecule has 5 nitrogen and oxygen atoms in total. The molecule has 32 heavy (non-hydrogen) atoms. The van der Waals surface area contributed by atoms with E-state index in [0.29, 0.717) is 6.42 Å². The smallest absolute Gasteiger partial charge is 0.228 e. The van der Waals surface area contributed by atoms with Gasteiger partial charge in [-0.2, -0.15) is 0 Å². The van der Waals surface area contributed by atoms with Crippen LogP contribution in [0.15, 0.2) is 30.3 Å². The van der Waals surface area contributed by atoms with E-state index >= 15 is 0 Å². The van der Waals surface area contributed by atoms with Crippen LogP contribution in [0.5, 0.6) is 0 Å². The standard InChI is InChI=1S/C26H33N3O2S/c1-16-22(32-17(2)27-16)14-25(31)29-21-15-26(4)23(11-8-12-24(26)29)28(18(3)30)20(21)13-19-9-6-5-7-10-19/h5-7,9-10,20-21,23-24H,8,11-15H2,1-4H3/t20-,21+,23-,24+,26-/m1/s1. The first-order chi connectivity index (χ1) is 15.3. The highest BCUT2D eigenvalue weighted by atomic mass is 32.1. The third-order valence-electron chi connectivity index (χ3n) is 8.21. The van der Waals surface area contributed by atoms with Crippen molar-refractivity contribution in [1.29, 1.82) is 0 Å². The number of benzene rings is 1. The topological polar surface area (TPSA) is 53.5 Å². The second-order valence-corrected chi connectivity index (χ2v) is 11.4. The van der Waals surface area contributed by atoms with Crippen molar-refractivity contribution >= 4 is 23.2 Å². The summed E-state index contributed by atoms with van der Waals surface area (Å²) in [6, 6.07) is 11.0. The minimum Gasteiger partial charge on any atom is -0.334 e. The number of nitrogens with zero attached hydrogens (tertiary/aromatic N) is 3. The first-order valence-electron chi connectivity index (χ1n) is 11.9. The lowest BCUT2D eigenvalue weighted by Crippen LogP contribution is -2.62. The molecule has 6 heteroatoms. The van der Waals surface area contributed by atoms with Crippen molar-refractivity contribution in [1.82, 2.24) is 14.8 Å². The fourth-order valence-electron chi connectivity index (χ4n) is 6.96. The highest BCUT2D eigenvalue weighted by Gasteiger charge is 2.64. The van der Waals surface area contributed by atoms with Gasteiger partial charge in [-0.1, -0.05) is 37.3 Å². The molecule has 0 unspecified atom stereocenters. The largest absolute Gasteiger partial charge is 0.334 e. The van der Waals surface area contributed by atoms with Gasteiger partial charge in [0.25, 0.3) is 0 Å². The van der Waals surface area contributed by atoms with Crippen LogP contribution in [-0.2, 0) is 22.4 Å². The maximum Gasteiger partial charge on any atom is 0.228 e. The summed E-state index contributed by atoms with van der Waals surface area (Å²) in [5, 5.41) is 1.01. The molecule has 3 fully saturated rings. The molecule has 5 atom stereocenters. The van der Waals surface area contributed by atoms with E-state index in [-0.39, 0.29) is 41.4 Å². The molecular weight excluding hydrogens is 418 g/mol. The molecule has 2 saturated heterocycles. The number of aromatic nitrogens is 1. The van der Waals surface area contributed by atoms with Crippen molar-refractivity contribution < 1.29 is 9.59 Å². The molecule has 0 spiro atoms. The first-order valence-corrected chi connectivity index (χ1v) is 12.7. The molecule has 2 bridgehead atoms. The van der Waals surface area contributed by atoms with E-state index in [1.54, 1.807) is 18.3 Å². The summed E-state index contributed by atoms with van der Waals surface area (Å²) in [6.07, 6.45) is 5.37. The van der Waals surface area contributed by atoms with Crippen molar-refractivity contribution in [2.24, 2.45) is 5.41 Å². The molecule has 3 aliphatic rings. The van der Waals surface area contributed by atoms with Crippen LogP contribution in [0.4, 0.5) is 0 Å². The van der Waals surface area contributed by atoms with E-state index in [1.165, 1.54) is 5.56 Å². The minimum atomic E-state index is -0.0178. The van der Waals surface area contributed by atoms with Gasteiger partial charge in [0.2, 0.25) is 11.8 Å². The van der Waals surface area contributed by atoms with E-state index < -0.39 is 0 Å². The number of rotatable bonds is 4. The van der Waals surface area contributed by atoms with Crippen molar-refractivity contribution in [3.63, 3.8) is 0 Å². The molecular formula is C26H33N3O2S. The monoisotopic (exact) mass is 451 g/mol. The Morgan fingerprint density at radius 2 is 1.81 bits per heavy atom. The predicted molar refractivity (Wildman–Crippen MR) is 127 cm³/mol. The van der Waals surface area contributed by atoms with E-state index in [2.05, 4.69) is 46.0 Å². The summed E-state index contributed by atoms with van der Waals surface area (Å²) in [5.41, 5.74) is 2.19. The Bertz CT molecular complexity index is 1030. The summed E-state index contributed by atoms with van der Waals surface area (Å²) >= 11 is 1.63. The molecule has 2 amide bonds. The predicted octanol–water partition coefficient (Wildman–Crippen LogP) is 4.30. The van der Waals surface area contributed by atoms with Crippen LogP contribution in [0.2, 0.25) is 0 Å². The average molecular weight is 452 g/mol. The van der Waals surface area contributed by atoms with Crippen molar-refractivity contribution in [3.05, 3.63) is 51.5 Å². The first kappa shape index (κ1) is 21.6. The lowest BCUT2D eigenvalue weighted by Gasteiger charge is -2.52. The number of hydrogen-bond acceptors (Lipinski definition) is 4. The number of fused-ring (bicyclic) bond motifs is 1. The van der Waals surface area contributed by atoms with E-state index in [4.69, 9.17) is 0 Å². The van der Waals surface area contributed by atoms with Crippen LogP contribution in [-0.4, -0.2) is 50.8 Å². The molecule has 170 valence electrons. The second-order valence-electron chi connectivity index (χ2n) is 10.1. The summed E-state index contributed by atoms with van der Waals surface area (Å²) in [7, 11) is 0. The van der Waals surface area contributed by atoms with Gasteiger partial charge in [-0.15, -0.1) is 11.3 Å². The maximum atomic E-state index is 13.8. The van der Waals surface area contributed by atoms with Gasteiger partial charge in [0.1, 0.15) is 0 Å². The van der Waals surface area contributed by atoms with E-state index in [9.17, 15) is 9.59 Å². The number of likely N-dealkylation sites (tertiary alicyclic amines) is 2. The van der Waals surface area contributed by atoms with Crippen molar-refractivity contribution in [3.8, 4) is 0 Å². The third-order valence-corrected chi connectivity index (χ3v) is 9.28. The van der Waals surface area contributed by atoms with Crippen LogP contribution < -0.4 is 0 Å². The molecule has 2 aliphatic heterocycles. The fraction of sp³-hybridized carbons (Fsp3) is 0.577. The zero-order chi connectivity index (χ0) is 22.6. The molecule has 1 aromatic heterocycles. The van der Waals surface area contributed by atoms with Gasteiger partial charge in [-0.05, 0) is 51.5 Å². The van der Waals surface area contributed by atoms with Crippen LogP contribution in [0.3, 0.4) is 0 Å². The Kier molecular flexibility index (Phi) is 5.39. The molecule has 5 rings (SSSR count). The van der Waals surface area contributed by atoms with Gasteiger partial charge >= 0.3 is 0 Å². The Morgan fingerprint density at radius 1 is 1.12 bits per heavy atom. The van der Waals surface area contributed by atoms with Gasteiger partial charge in [0.05, 0.1) is 29.2 Å². The Morgan fingerprint density at radius 3 is 2.44 bits per heavy atom. The summed E-state index contributed by atoms with van der Waals surface area (Å²) in [4.78, 5) is 36.8. The molecule has 0 N–H and O–H groups in total. The highest BCUT2D eigenvalue weighted by Crippen LogP contribution is 2.56. The van der Waals surface area contributed by atoms with Gasteiger partial charge in [0.15, 0.2) is 0 Å². The second kappa shape index (κ2) is 7.98. The molecule has 2 aromatic rings. The van der Waals surface area contributed by atoms with Gasteiger partial charge < -0.3 is 9.80 Å². The number of carbonyl (C=O) groups is 2. The number of hydrogen-bond donors (Lipinski definition) is 0.